The van der Waals surface area contributed by atoms with Gasteiger partial charge in [-0.25, -0.2) is 4.39 Å². The van der Waals surface area contributed by atoms with Crippen molar-refractivity contribution in [1.29, 1.82) is 0 Å². The average Bonchev–Trinajstić information content (AvgIpc) is 3.09. The Labute approximate surface area is 124 Å². The van der Waals surface area contributed by atoms with Gasteiger partial charge in [0.25, 0.3) is 5.91 Å². The molecule has 0 aliphatic heterocycles. The van der Waals surface area contributed by atoms with Crippen molar-refractivity contribution in [2.24, 2.45) is 11.8 Å². The summed E-state index contributed by atoms with van der Waals surface area (Å²) in [7, 11) is 0. The van der Waals surface area contributed by atoms with Gasteiger partial charge in [0.2, 0.25) is 0 Å². The molecule has 1 amide bonds. The number of fused-ring (bicyclic) bond motifs is 2. The van der Waals surface area contributed by atoms with Gasteiger partial charge in [-0.3, -0.25) is 4.79 Å². The second-order valence-electron chi connectivity index (χ2n) is 6.26. The molecule has 21 heavy (non-hydrogen) atoms. The lowest BCUT2D eigenvalue weighted by Crippen LogP contribution is -2.45. The number of amides is 1. The molecule has 2 aliphatic rings. The van der Waals surface area contributed by atoms with Crippen LogP contribution in [0.4, 0.5) is 4.39 Å². The smallest absolute Gasteiger partial charge is 0.261 e. The van der Waals surface area contributed by atoms with Crippen molar-refractivity contribution in [3.63, 3.8) is 0 Å². The molecule has 0 heterocycles. The molecule has 4 atom stereocenters. The Morgan fingerprint density at radius 2 is 2.10 bits per heavy atom. The fraction of sp³-hybridized carbons (Fsp3) is 0.588. The predicted molar refractivity (Wildman–Crippen MR) is 78.5 cm³/mol. The lowest BCUT2D eigenvalue weighted by atomic mass is 9.95. The fourth-order valence-corrected chi connectivity index (χ4v) is 3.70. The van der Waals surface area contributed by atoms with Gasteiger partial charge in [-0.1, -0.05) is 13.3 Å². The van der Waals surface area contributed by atoms with Crippen LogP contribution in [0.1, 0.15) is 39.0 Å². The molecule has 2 aliphatic carbocycles. The summed E-state index contributed by atoms with van der Waals surface area (Å²) in [5.41, 5.74) is 0. The van der Waals surface area contributed by atoms with E-state index in [4.69, 9.17) is 4.74 Å². The zero-order valence-electron chi connectivity index (χ0n) is 12.3. The Kier molecular flexibility index (Phi) is 4.13. The van der Waals surface area contributed by atoms with Gasteiger partial charge in [0, 0.05) is 6.04 Å². The molecule has 0 spiro atoms. The summed E-state index contributed by atoms with van der Waals surface area (Å²) in [6, 6.07) is 6.12. The van der Waals surface area contributed by atoms with Gasteiger partial charge >= 0.3 is 0 Å². The standard InChI is InChI=1S/C17H22FNO2/c1-2-16(21-14-7-5-13(18)6-8-14)17(20)19-15-10-11-3-4-12(15)9-11/h5-8,11-12,15-16H,2-4,9-10H2,1H3,(H,19,20)/t11-,12-,15-,16-/m0/s1. The number of benzene rings is 1. The van der Waals surface area contributed by atoms with Crippen molar-refractivity contribution >= 4 is 5.91 Å². The lowest BCUT2D eigenvalue weighted by molar-refractivity contribution is -0.129. The first kappa shape index (κ1) is 14.4. The molecule has 2 saturated carbocycles. The van der Waals surface area contributed by atoms with E-state index in [9.17, 15) is 9.18 Å². The maximum atomic E-state index is 12.9. The molecule has 0 aromatic heterocycles. The monoisotopic (exact) mass is 291 g/mol. The zero-order chi connectivity index (χ0) is 14.8. The topological polar surface area (TPSA) is 38.3 Å². The highest BCUT2D eigenvalue weighted by Crippen LogP contribution is 2.44. The molecule has 2 bridgehead atoms. The molecular weight excluding hydrogens is 269 g/mol. The molecule has 1 aromatic carbocycles. The highest BCUT2D eigenvalue weighted by Gasteiger charge is 2.40. The number of hydrogen-bond donors (Lipinski definition) is 1. The number of halogens is 1. The third kappa shape index (κ3) is 3.20. The number of hydrogen-bond acceptors (Lipinski definition) is 2. The van der Waals surface area contributed by atoms with Crippen LogP contribution >= 0.6 is 0 Å². The van der Waals surface area contributed by atoms with Crippen molar-refractivity contribution < 1.29 is 13.9 Å². The van der Waals surface area contributed by atoms with Crippen LogP contribution < -0.4 is 10.1 Å². The minimum Gasteiger partial charge on any atom is -0.481 e. The SMILES string of the molecule is CC[C@H](Oc1ccc(F)cc1)C(=O)N[C@H]1C[C@H]2CC[C@H]1C2. The summed E-state index contributed by atoms with van der Waals surface area (Å²) >= 11 is 0. The molecule has 114 valence electrons. The van der Waals surface area contributed by atoms with E-state index in [1.165, 1.54) is 31.4 Å². The normalized spacial score (nSPS) is 28.4. The quantitative estimate of drug-likeness (QED) is 0.904. The van der Waals surface area contributed by atoms with Gasteiger partial charge in [-0.2, -0.15) is 0 Å². The number of carbonyl (C=O) groups excluding carboxylic acids is 1. The largest absolute Gasteiger partial charge is 0.481 e. The van der Waals surface area contributed by atoms with Gasteiger partial charge in [-0.15, -0.1) is 0 Å². The Hall–Kier alpha value is -1.58. The van der Waals surface area contributed by atoms with Crippen molar-refractivity contribution in [2.75, 3.05) is 0 Å². The van der Waals surface area contributed by atoms with Gasteiger partial charge in [0.05, 0.1) is 0 Å². The van der Waals surface area contributed by atoms with E-state index in [2.05, 4.69) is 5.32 Å². The number of nitrogens with one attached hydrogen (secondary N) is 1. The summed E-state index contributed by atoms with van der Waals surface area (Å²) in [6.07, 6.45) is 5.04. The van der Waals surface area contributed by atoms with Crippen LogP contribution in [-0.4, -0.2) is 18.1 Å². The van der Waals surface area contributed by atoms with Gasteiger partial charge in [0.1, 0.15) is 11.6 Å². The second-order valence-corrected chi connectivity index (χ2v) is 6.26. The molecule has 1 N–H and O–H groups in total. The van der Waals surface area contributed by atoms with Crippen LogP contribution in [-0.2, 0) is 4.79 Å². The van der Waals surface area contributed by atoms with E-state index in [-0.39, 0.29) is 11.7 Å². The summed E-state index contributed by atoms with van der Waals surface area (Å²) in [5, 5.41) is 3.15. The minimum atomic E-state index is -0.505. The third-order valence-electron chi connectivity index (χ3n) is 4.82. The molecular formula is C17H22FNO2. The molecule has 4 heteroatoms. The van der Waals surface area contributed by atoms with E-state index < -0.39 is 6.10 Å². The summed E-state index contributed by atoms with van der Waals surface area (Å²) < 4.78 is 18.6. The van der Waals surface area contributed by atoms with E-state index in [0.29, 0.717) is 24.1 Å². The van der Waals surface area contributed by atoms with Crippen LogP contribution in [0.2, 0.25) is 0 Å². The number of carbonyl (C=O) groups is 1. The summed E-state index contributed by atoms with van der Waals surface area (Å²) in [4.78, 5) is 12.4. The average molecular weight is 291 g/mol. The Morgan fingerprint density at radius 1 is 1.33 bits per heavy atom. The predicted octanol–water partition coefficient (Wildman–Crippen LogP) is 3.29. The first-order valence-corrected chi connectivity index (χ1v) is 7.88. The first-order chi connectivity index (χ1) is 10.2. The molecule has 0 saturated heterocycles. The van der Waals surface area contributed by atoms with Crippen molar-refractivity contribution in [1.82, 2.24) is 5.32 Å². The maximum absolute atomic E-state index is 12.9. The van der Waals surface area contributed by atoms with Gasteiger partial charge < -0.3 is 10.1 Å². The van der Waals surface area contributed by atoms with Gasteiger partial charge in [0.15, 0.2) is 6.10 Å². The highest BCUT2D eigenvalue weighted by molar-refractivity contribution is 5.81. The maximum Gasteiger partial charge on any atom is 0.261 e. The van der Waals surface area contributed by atoms with Crippen LogP contribution in [0.3, 0.4) is 0 Å². The Morgan fingerprint density at radius 3 is 2.67 bits per heavy atom. The first-order valence-electron chi connectivity index (χ1n) is 7.88. The van der Waals surface area contributed by atoms with Gasteiger partial charge in [-0.05, 0) is 61.8 Å². The molecule has 2 fully saturated rings. The molecule has 3 nitrogen and oxygen atoms in total. The zero-order valence-corrected chi connectivity index (χ0v) is 12.3. The molecule has 0 radical (unpaired) electrons. The molecule has 1 aromatic rings. The minimum absolute atomic E-state index is 0.0422. The third-order valence-corrected chi connectivity index (χ3v) is 4.82. The molecule has 0 unspecified atom stereocenters. The van der Waals surface area contributed by atoms with E-state index in [1.807, 2.05) is 6.92 Å². The number of ether oxygens (including phenoxy) is 1. The number of rotatable bonds is 5. The van der Waals surface area contributed by atoms with Crippen LogP contribution in [0.5, 0.6) is 5.75 Å². The van der Waals surface area contributed by atoms with E-state index in [1.54, 1.807) is 12.1 Å². The van der Waals surface area contributed by atoms with Crippen LogP contribution in [0.15, 0.2) is 24.3 Å². The van der Waals surface area contributed by atoms with E-state index in [0.717, 1.165) is 12.3 Å². The summed E-state index contributed by atoms with van der Waals surface area (Å²) in [6.45, 7) is 1.93. The Balaban J connectivity index is 1.57. The second kappa shape index (κ2) is 6.04. The fourth-order valence-electron chi connectivity index (χ4n) is 3.70. The van der Waals surface area contributed by atoms with Crippen molar-refractivity contribution in [2.45, 2.75) is 51.2 Å². The lowest BCUT2D eigenvalue weighted by Gasteiger charge is -2.25. The van der Waals surface area contributed by atoms with Crippen LogP contribution in [0.25, 0.3) is 0 Å². The van der Waals surface area contributed by atoms with Crippen molar-refractivity contribution in [3.05, 3.63) is 30.1 Å². The Bertz CT molecular complexity index is 502. The highest BCUT2D eigenvalue weighted by atomic mass is 19.1. The summed E-state index contributed by atoms with van der Waals surface area (Å²) in [5.74, 6) is 1.65. The van der Waals surface area contributed by atoms with E-state index >= 15 is 0 Å². The van der Waals surface area contributed by atoms with Crippen molar-refractivity contribution in [3.8, 4) is 5.75 Å². The molecule has 3 rings (SSSR count). The van der Waals surface area contributed by atoms with Crippen LogP contribution in [0, 0.1) is 17.7 Å².